The molecule has 1 heterocycles. The summed E-state index contributed by atoms with van der Waals surface area (Å²) in [6.07, 6.45) is -3.07. The molecule has 1 aliphatic rings. The summed E-state index contributed by atoms with van der Waals surface area (Å²) in [5, 5.41) is 9.16. The fourth-order valence-electron chi connectivity index (χ4n) is 2.09. The first-order chi connectivity index (χ1) is 10.7. The standard InChI is InChI=1S/C14H16F3N3O2S/c1-8-7-22-11-5-9(3-4-10(11)6-20(8)23-2)12(18)19-13(21)14(15,16)17/h3-5,8H,6-7H2,1-2H3,(H2,18,19,21). The molecule has 0 aromatic heterocycles. The van der Waals surface area contributed by atoms with Crippen molar-refractivity contribution < 1.29 is 22.7 Å². The van der Waals surface area contributed by atoms with Crippen molar-refractivity contribution >= 4 is 23.7 Å². The lowest BCUT2D eigenvalue weighted by Crippen LogP contribution is -2.40. The first kappa shape index (κ1) is 17.6. The summed E-state index contributed by atoms with van der Waals surface area (Å²) >= 11 is 1.58. The Kier molecular flexibility index (Phi) is 5.20. The summed E-state index contributed by atoms with van der Waals surface area (Å²) in [6.45, 7) is 3.06. The van der Waals surface area contributed by atoms with Gasteiger partial charge in [-0.15, -0.1) is 0 Å². The highest BCUT2D eigenvalue weighted by molar-refractivity contribution is 7.96. The number of ether oxygens (including phenoxy) is 1. The SMILES string of the molecule is CSN1Cc2ccc(C(=N)NC(=O)C(F)(F)F)cc2OCC1C. The van der Waals surface area contributed by atoms with E-state index in [0.29, 0.717) is 18.9 Å². The lowest BCUT2D eigenvalue weighted by atomic mass is 10.1. The second-order valence-electron chi connectivity index (χ2n) is 5.07. The molecule has 0 radical (unpaired) electrons. The molecule has 9 heteroatoms. The molecule has 2 N–H and O–H groups in total. The topological polar surface area (TPSA) is 65.4 Å². The molecule has 0 spiro atoms. The van der Waals surface area contributed by atoms with Crippen LogP contribution in [0.3, 0.4) is 0 Å². The highest BCUT2D eigenvalue weighted by Gasteiger charge is 2.39. The number of hydrogen-bond donors (Lipinski definition) is 2. The van der Waals surface area contributed by atoms with Crippen LogP contribution in [0.4, 0.5) is 13.2 Å². The molecule has 1 aromatic rings. The van der Waals surface area contributed by atoms with E-state index in [1.165, 1.54) is 17.4 Å². The Bertz CT molecular complexity index is 622. The maximum atomic E-state index is 12.2. The van der Waals surface area contributed by atoms with Crippen molar-refractivity contribution in [3.8, 4) is 5.75 Å². The maximum absolute atomic E-state index is 12.2. The number of halogens is 3. The number of alkyl halides is 3. The van der Waals surface area contributed by atoms with Crippen LogP contribution in [0.15, 0.2) is 18.2 Å². The summed E-state index contributed by atoms with van der Waals surface area (Å²) in [6, 6.07) is 4.84. The summed E-state index contributed by atoms with van der Waals surface area (Å²) in [4.78, 5) is 10.9. The Morgan fingerprint density at radius 3 is 2.78 bits per heavy atom. The van der Waals surface area contributed by atoms with E-state index >= 15 is 0 Å². The molecule has 1 atom stereocenters. The molecule has 2 rings (SSSR count). The Hall–Kier alpha value is -1.74. The van der Waals surface area contributed by atoms with E-state index in [9.17, 15) is 18.0 Å². The van der Waals surface area contributed by atoms with Crippen LogP contribution in [0.2, 0.25) is 0 Å². The number of nitrogens with zero attached hydrogens (tertiary/aromatic N) is 1. The molecule has 1 amide bonds. The monoisotopic (exact) mass is 347 g/mol. The number of carbonyl (C=O) groups excluding carboxylic acids is 1. The van der Waals surface area contributed by atoms with E-state index in [1.54, 1.807) is 18.0 Å². The smallest absolute Gasteiger partial charge is 0.471 e. The van der Waals surface area contributed by atoms with E-state index in [2.05, 4.69) is 4.31 Å². The van der Waals surface area contributed by atoms with Gasteiger partial charge in [0.05, 0.1) is 6.04 Å². The number of amidine groups is 1. The Balaban J connectivity index is 2.18. The van der Waals surface area contributed by atoms with E-state index in [-0.39, 0.29) is 11.6 Å². The van der Waals surface area contributed by atoms with Gasteiger partial charge in [-0.2, -0.15) is 13.2 Å². The van der Waals surface area contributed by atoms with Crippen LogP contribution in [0.25, 0.3) is 0 Å². The molecule has 0 saturated heterocycles. The molecular formula is C14H16F3N3O2S. The van der Waals surface area contributed by atoms with Crippen molar-refractivity contribution in [2.75, 3.05) is 12.9 Å². The van der Waals surface area contributed by atoms with Crippen molar-refractivity contribution in [3.63, 3.8) is 0 Å². The molecule has 0 aliphatic carbocycles. The second kappa shape index (κ2) is 6.79. The number of nitrogens with one attached hydrogen (secondary N) is 2. The van der Waals surface area contributed by atoms with Gasteiger partial charge in [-0.3, -0.25) is 10.2 Å². The third-order valence-corrected chi connectivity index (χ3v) is 4.34. The van der Waals surface area contributed by atoms with E-state index < -0.39 is 17.9 Å². The lowest BCUT2D eigenvalue weighted by Gasteiger charge is -2.22. The molecule has 1 aliphatic heterocycles. The first-order valence-corrected chi connectivity index (χ1v) is 7.94. The molecule has 0 fully saturated rings. The molecule has 0 saturated carbocycles. The normalized spacial score (nSPS) is 18.6. The zero-order valence-corrected chi connectivity index (χ0v) is 13.3. The van der Waals surface area contributed by atoms with Gasteiger partial charge >= 0.3 is 12.1 Å². The minimum atomic E-state index is -5.03. The van der Waals surface area contributed by atoms with Crippen LogP contribution in [0.5, 0.6) is 5.75 Å². The minimum absolute atomic E-state index is 0.159. The van der Waals surface area contributed by atoms with Gasteiger partial charge in [-0.25, -0.2) is 4.31 Å². The highest BCUT2D eigenvalue weighted by atomic mass is 32.2. The average molecular weight is 347 g/mol. The van der Waals surface area contributed by atoms with Crippen molar-refractivity contribution in [1.82, 2.24) is 9.62 Å². The average Bonchev–Trinajstić information content (AvgIpc) is 2.64. The van der Waals surface area contributed by atoms with E-state index in [1.807, 2.05) is 13.2 Å². The third kappa shape index (κ3) is 4.17. The van der Waals surface area contributed by atoms with Crippen LogP contribution in [0, 0.1) is 5.41 Å². The number of hydrogen-bond acceptors (Lipinski definition) is 5. The van der Waals surface area contributed by atoms with Crippen molar-refractivity contribution in [3.05, 3.63) is 29.3 Å². The predicted octanol–water partition coefficient (Wildman–Crippen LogP) is 2.55. The summed E-state index contributed by atoms with van der Waals surface area (Å²) < 4.78 is 44.5. The zero-order chi connectivity index (χ0) is 17.2. The van der Waals surface area contributed by atoms with Gasteiger partial charge in [0.25, 0.3) is 0 Å². The molecule has 126 valence electrons. The van der Waals surface area contributed by atoms with E-state index in [4.69, 9.17) is 10.1 Å². The molecule has 0 bridgehead atoms. The summed E-state index contributed by atoms with van der Waals surface area (Å²) in [7, 11) is 0. The second-order valence-corrected chi connectivity index (χ2v) is 5.90. The van der Waals surface area contributed by atoms with Gasteiger partial charge in [0.15, 0.2) is 0 Å². The molecule has 1 unspecified atom stereocenters. The van der Waals surface area contributed by atoms with Crippen LogP contribution in [-0.2, 0) is 11.3 Å². The predicted molar refractivity (Wildman–Crippen MR) is 81.5 cm³/mol. The Morgan fingerprint density at radius 2 is 2.17 bits per heavy atom. The van der Waals surface area contributed by atoms with Gasteiger partial charge in [0.2, 0.25) is 0 Å². The number of carbonyl (C=O) groups is 1. The van der Waals surface area contributed by atoms with Crippen molar-refractivity contribution in [2.24, 2.45) is 0 Å². The van der Waals surface area contributed by atoms with Gasteiger partial charge in [0.1, 0.15) is 18.2 Å². The molecule has 23 heavy (non-hydrogen) atoms. The van der Waals surface area contributed by atoms with Crippen LogP contribution in [0.1, 0.15) is 18.1 Å². The maximum Gasteiger partial charge on any atom is 0.471 e. The van der Waals surface area contributed by atoms with Crippen LogP contribution in [-0.4, -0.2) is 41.1 Å². The molecular weight excluding hydrogens is 331 g/mol. The number of benzene rings is 1. The van der Waals surface area contributed by atoms with Crippen molar-refractivity contribution in [2.45, 2.75) is 25.7 Å². The third-order valence-electron chi connectivity index (χ3n) is 3.38. The van der Waals surface area contributed by atoms with Gasteiger partial charge in [-0.05, 0) is 19.2 Å². The zero-order valence-electron chi connectivity index (χ0n) is 12.5. The first-order valence-electron chi connectivity index (χ1n) is 6.76. The fourth-order valence-corrected chi connectivity index (χ4v) is 2.78. The molecule has 5 nitrogen and oxygen atoms in total. The van der Waals surface area contributed by atoms with Crippen molar-refractivity contribution in [1.29, 1.82) is 5.41 Å². The minimum Gasteiger partial charge on any atom is -0.492 e. The summed E-state index contributed by atoms with van der Waals surface area (Å²) in [5.41, 5.74) is 1.04. The lowest BCUT2D eigenvalue weighted by molar-refractivity contribution is -0.171. The number of amides is 1. The van der Waals surface area contributed by atoms with Crippen LogP contribution >= 0.6 is 11.9 Å². The Morgan fingerprint density at radius 1 is 1.48 bits per heavy atom. The number of fused-ring (bicyclic) bond motifs is 1. The fraction of sp³-hybridized carbons (Fsp3) is 0.429. The summed E-state index contributed by atoms with van der Waals surface area (Å²) in [5.74, 6) is -2.27. The van der Waals surface area contributed by atoms with E-state index in [0.717, 1.165) is 5.56 Å². The quantitative estimate of drug-likeness (QED) is 0.490. The largest absolute Gasteiger partial charge is 0.492 e. The van der Waals surface area contributed by atoms with Gasteiger partial charge < -0.3 is 10.1 Å². The Labute approximate surface area is 135 Å². The van der Waals surface area contributed by atoms with Gasteiger partial charge in [0, 0.05) is 17.7 Å². The van der Waals surface area contributed by atoms with Crippen LogP contribution < -0.4 is 10.1 Å². The highest BCUT2D eigenvalue weighted by Crippen LogP contribution is 2.29. The number of rotatable bonds is 2. The van der Waals surface area contributed by atoms with Gasteiger partial charge in [-0.1, -0.05) is 24.1 Å². The molecule has 1 aromatic carbocycles.